The molecule has 3 heterocycles. The van der Waals surface area contributed by atoms with Crippen molar-refractivity contribution in [3.63, 3.8) is 0 Å². The van der Waals surface area contributed by atoms with Crippen LogP contribution >= 0.6 is 0 Å². The molecule has 3 N–H and O–H groups in total. The highest BCUT2D eigenvalue weighted by Gasteiger charge is 2.26. The van der Waals surface area contributed by atoms with Crippen molar-refractivity contribution in [2.45, 2.75) is 25.4 Å². The van der Waals surface area contributed by atoms with E-state index in [4.69, 9.17) is 15.2 Å². The van der Waals surface area contributed by atoms with E-state index in [0.717, 1.165) is 49.5 Å². The van der Waals surface area contributed by atoms with Crippen LogP contribution in [0.1, 0.15) is 18.4 Å². The maximum absolute atomic E-state index is 12.2. The van der Waals surface area contributed by atoms with Crippen LogP contribution in [0.5, 0.6) is 11.5 Å². The minimum absolute atomic E-state index is 0.00134. The average Bonchev–Trinajstić information content (AvgIpc) is 2.75. The molecular formula is C22H28N4O3. The third-order valence-corrected chi connectivity index (χ3v) is 5.60. The second-order valence-electron chi connectivity index (χ2n) is 7.77. The Bertz CT molecular complexity index is 836. The third-order valence-electron chi connectivity index (χ3n) is 5.60. The molecule has 1 atom stereocenters. The van der Waals surface area contributed by atoms with E-state index in [2.05, 4.69) is 15.2 Å². The van der Waals surface area contributed by atoms with Gasteiger partial charge < -0.3 is 20.5 Å². The molecule has 0 radical (unpaired) electrons. The first-order valence-corrected chi connectivity index (χ1v) is 10.2. The zero-order valence-electron chi connectivity index (χ0n) is 16.5. The molecule has 2 aromatic rings. The number of nitrogens with one attached hydrogen (secondary N) is 1. The molecule has 7 nitrogen and oxygen atoms in total. The number of nitrogens with zero attached hydrogens (tertiary/aromatic N) is 2. The Hall–Kier alpha value is -2.80. The van der Waals surface area contributed by atoms with Crippen molar-refractivity contribution in [3.05, 3.63) is 48.2 Å². The number of carbonyl (C=O) groups excluding carboxylic acids is 1. The van der Waals surface area contributed by atoms with Crippen LogP contribution in [0.15, 0.2) is 42.6 Å². The number of pyridine rings is 1. The van der Waals surface area contributed by atoms with Gasteiger partial charge >= 0.3 is 0 Å². The molecular weight excluding hydrogens is 368 g/mol. The molecule has 154 valence electrons. The van der Waals surface area contributed by atoms with Crippen LogP contribution in [0.4, 0.5) is 5.82 Å². The zero-order chi connectivity index (χ0) is 20.1. The van der Waals surface area contributed by atoms with E-state index in [0.29, 0.717) is 24.9 Å². The number of piperidine rings is 1. The van der Waals surface area contributed by atoms with Crippen molar-refractivity contribution in [1.29, 1.82) is 0 Å². The van der Waals surface area contributed by atoms with E-state index in [-0.39, 0.29) is 18.4 Å². The fraction of sp³-hybridized carbons (Fsp3) is 0.455. The maximum atomic E-state index is 12.2. The molecule has 2 aliphatic rings. The number of hydrogen-bond acceptors (Lipinski definition) is 6. The number of nitrogen functional groups attached to an aromatic ring is 1. The Morgan fingerprint density at radius 3 is 2.76 bits per heavy atom. The number of hydrogen-bond donors (Lipinski definition) is 2. The molecule has 1 unspecified atom stereocenters. The van der Waals surface area contributed by atoms with Crippen molar-refractivity contribution >= 4 is 11.7 Å². The van der Waals surface area contributed by atoms with Gasteiger partial charge in [-0.25, -0.2) is 4.98 Å². The number of amides is 1. The van der Waals surface area contributed by atoms with Crippen LogP contribution in [0, 0.1) is 5.92 Å². The molecule has 0 bridgehead atoms. The molecule has 1 fully saturated rings. The van der Waals surface area contributed by atoms with Crippen LogP contribution in [-0.2, 0) is 11.2 Å². The number of fused-ring (bicyclic) bond motifs is 1. The van der Waals surface area contributed by atoms with Gasteiger partial charge in [-0.15, -0.1) is 0 Å². The first kappa shape index (κ1) is 19.5. The Labute approximate surface area is 171 Å². The lowest BCUT2D eigenvalue weighted by Gasteiger charge is -2.35. The molecule has 0 spiro atoms. The van der Waals surface area contributed by atoms with Crippen molar-refractivity contribution in [3.8, 4) is 11.5 Å². The molecule has 1 amide bonds. The van der Waals surface area contributed by atoms with Gasteiger partial charge in [0.15, 0.2) is 11.5 Å². The van der Waals surface area contributed by atoms with Crippen molar-refractivity contribution in [2.75, 3.05) is 38.5 Å². The van der Waals surface area contributed by atoms with Gasteiger partial charge in [0.25, 0.3) is 0 Å². The number of nitrogens with two attached hydrogens (primary N) is 1. The first-order chi connectivity index (χ1) is 14.2. The second kappa shape index (κ2) is 9.13. The summed E-state index contributed by atoms with van der Waals surface area (Å²) in [6, 6.07) is 11.5. The number of rotatable bonds is 6. The number of aromatic nitrogens is 1. The molecule has 2 aliphatic heterocycles. The number of carbonyl (C=O) groups is 1. The molecule has 1 aromatic heterocycles. The Morgan fingerprint density at radius 2 is 1.97 bits per heavy atom. The van der Waals surface area contributed by atoms with Crippen LogP contribution in [-0.4, -0.2) is 54.7 Å². The molecule has 4 rings (SSSR count). The summed E-state index contributed by atoms with van der Waals surface area (Å²) >= 11 is 0. The fourth-order valence-electron chi connectivity index (χ4n) is 3.91. The summed E-state index contributed by atoms with van der Waals surface area (Å²) in [5.41, 5.74) is 6.58. The minimum Gasteiger partial charge on any atom is -0.486 e. The highest BCUT2D eigenvalue weighted by atomic mass is 16.6. The standard InChI is InChI=1S/C22H28N4O3/c23-22-17(4-3-9-24-22)12-21(27)25-13-16-7-10-26(11-8-16)14-18-15-28-19-5-1-2-6-20(19)29-18/h1-6,9,16,18H,7-8,10-15H2,(H2,23,24)(H,25,27). The molecule has 0 saturated carbocycles. The number of para-hydroxylation sites is 2. The Morgan fingerprint density at radius 1 is 1.17 bits per heavy atom. The lowest BCUT2D eigenvalue weighted by molar-refractivity contribution is -0.120. The smallest absolute Gasteiger partial charge is 0.224 e. The van der Waals surface area contributed by atoms with Gasteiger partial charge in [0, 0.05) is 24.8 Å². The summed E-state index contributed by atoms with van der Waals surface area (Å²) in [5.74, 6) is 2.58. The summed E-state index contributed by atoms with van der Waals surface area (Å²) in [6.07, 6.45) is 4.11. The largest absolute Gasteiger partial charge is 0.486 e. The highest BCUT2D eigenvalue weighted by molar-refractivity contribution is 5.79. The lowest BCUT2D eigenvalue weighted by atomic mass is 9.96. The van der Waals surface area contributed by atoms with E-state index in [1.807, 2.05) is 30.3 Å². The fourth-order valence-corrected chi connectivity index (χ4v) is 3.91. The number of likely N-dealkylation sites (tertiary alicyclic amines) is 1. The predicted molar refractivity (Wildman–Crippen MR) is 111 cm³/mol. The van der Waals surface area contributed by atoms with E-state index in [9.17, 15) is 4.79 Å². The van der Waals surface area contributed by atoms with Gasteiger partial charge in [0.05, 0.1) is 6.42 Å². The van der Waals surface area contributed by atoms with E-state index in [1.54, 1.807) is 12.3 Å². The van der Waals surface area contributed by atoms with Gasteiger partial charge in [-0.3, -0.25) is 9.69 Å². The molecule has 7 heteroatoms. The molecule has 0 aliphatic carbocycles. The second-order valence-corrected chi connectivity index (χ2v) is 7.77. The van der Waals surface area contributed by atoms with Gasteiger partial charge in [0.1, 0.15) is 18.5 Å². The lowest BCUT2D eigenvalue weighted by Crippen LogP contribution is -2.45. The minimum atomic E-state index is -0.00134. The summed E-state index contributed by atoms with van der Waals surface area (Å²) in [6.45, 7) is 4.19. The normalized spacial score (nSPS) is 19.7. The van der Waals surface area contributed by atoms with Gasteiger partial charge in [0.2, 0.25) is 5.91 Å². The van der Waals surface area contributed by atoms with E-state index in [1.165, 1.54) is 0 Å². The Kier molecular flexibility index (Phi) is 6.14. The van der Waals surface area contributed by atoms with Crippen molar-refractivity contribution in [2.24, 2.45) is 5.92 Å². The molecule has 29 heavy (non-hydrogen) atoms. The Balaban J connectivity index is 1.16. The summed E-state index contributed by atoms with van der Waals surface area (Å²) < 4.78 is 11.9. The number of ether oxygens (including phenoxy) is 2. The van der Waals surface area contributed by atoms with Crippen LogP contribution < -0.4 is 20.5 Å². The predicted octanol–water partition coefficient (Wildman–Crippen LogP) is 1.87. The van der Waals surface area contributed by atoms with Crippen LogP contribution in [0.3, 0.4) is 0 Å². The summed E-state index contributed by atoms with van der Waals surface area (Å²) in [7, 11) is 0. The quantitative estimate of drug-likeness (QED) is 0.775. The topological polar surface area (TPSA) is 89.7 Å². The van der Waals surface area contributed by atoms with E-state index < -0.39 is 0 Å². The highest BCUT2D eigenvalue weighted by Crippen LogP contribution is 2.31. The monoisotopic (exact) mass is 396 g/mol. The van der Waals surface area contributed by atoms with Crippen LogP contribution in [0.2, 0.25) is 0 Å². The van der Waals surface area contributed by atoms with Gasteiger partial charge in [-0.2, -0.15) is 0 Å². The number of anilines is 1. The average molecular weight is 396 g/mol. The summed E-state index contributed by atoms with van der Waals surface area (Å²) in [4.78, 5) is 18.7. The summed E-state index contributed by atoms with van der Waals surface area (Å²) in [5, 5.41) is 3.05. The first-order valence-electron chi connectivity index (χ1n) is 10.2. The van der Waals surface area contributed by atoms with E-state index >= 15 is 0 Å². The van der Waals surface area contributed by atoms with Gasteiger partial charge in [-0.05, 0) is 50.0 Å². The van der Waals surface area contributed by atoms with Crippen LogP contribution in [0.25, 0.3) is 0 Å². The number of benzene rings is 1. The zero-order valence-corrected chi connectivity index (χ0v) is 16.5. The SMILES string of the molecule is Nc1ncccc1CC(=O)NCC1CCN(CC2COc3ccccc3O2)CC1. The molecule has 1 aromatic carbocycles. The van der Waals surface area contributed by atoms with Gasteiger partial charge in [-0.1, -0.05) is 18.2 Å². The maximum Gasteiger partial charge on any atom is 0.224 e. The third kappa shape index (κ3) is 5.17. The molecule has 1 saturated heterocycles. The van der Waals surface area contributed by atoms with Crippen molar-refractivity contribution in [1.82, 2.24) is 15.2 Å². The van der Waals surface area contributed by atoms with Crippen molar-refractivity contribution < 1.29 is 14.3 Å².